The number of hydrogen-bond acceptors (Lipinski definition) is 4. The molecule has 0 aromatic carbocycles. The van der Waals surface area contributed by atoms with Gasteiger partial charge in [-0.05, 0) is 38.6 Å². The van der Waals surface area contributed by atoms with Gasteiger partial charge in [-0.15, -0.1) is 0 Å². The van der Waals surface area contributed by atoms with Gasteiger partial charge in [0.25, 0.3) is 0 Å². The van der Waals surface area contributed by atoms with Crippen molar-refractivity contribution in [3.05, 3.63) is 0 Å². The highest BCUT2D eigenvalue weighted by Gasteiger charge is 2.22. The average molecular weight is 242 g/mol. The minimum Gasteiger partial charge on any atom is -0.390 e. The maximum atomic E-state index is 9.89. The molecule has 1 saturated heterocycles. The largest absolute Gasteiger partial charge is 0.390 e. The zero-order valence-electron chi connectivity index (χ0n) is 10.9. The van der Waals surface area contributed by atoms with Crippen LogP contribution in [0.1, 0.15) is 25.7 Å². The molecule has 2 rings (SSSR count). The van der Waals surface area contributed by atoms with Crippen molar-refractivity contribution in [2.75, 3.05) is 39.9 Å². The Kier molecular flexibility index (Phi) is 5.22. The van der Waals surface area contributed by atoms with E-state index in [-0.39, 0.29) is 6.10 Å². The third-order valence-electron chi connectivity index (χ3n) is 3.57. The topological polar surface area (TPSA) is 44.7 Å². The van der Waals surface area contributed by atoms with E-state index in [1.807, 2.05) is 0 Å². The molecule has 2 fully saturated rings. The van der Waals surface area contributed by atoms with Crippen LogP contribution in [-0.2, 0) is 4.74 Å². The van der Waals surface area contributed by atoms with E-state index in [4.69, 9.17) is 4.74 Å². The molecular weight excluding hydrogens is 216 g/mol. The van der Waals surface area contributed by atoms with Crippen molar-refractivity contribution in [1.82, 2.24) is 10.2 Å². The van der Waals surface area contributed by atoms with Gasteiger partial charge in [-0.2, -0.15) is 0 Å². The van der Waals surface area contributed by atoms with Crippen LogP contribution in [0.3, 0.4) is 0 Å². The maximum absolute atomic E-state index is 9.89. The van der Waals surface area contributed by atoms with E-state index in [1.54, 1.807) is 0 Å². The van der Waals surface area contributed by atoms with E-state index in [9.17, 15) is 5.11 Å². The third-order valence-corrected chi connectivity index (χ3v) is 3.57. The van der Waals surface area contributed by atoms with Crippen LogP contribution in [0.5, 0.6) is 0 Å². The fourth-order valence-corrected chi connectivity index (χ4v) is 2.48. The van der Waals surface area contributed by atoms with Gasteiger partial charge in [0.2, 0.25) is 0 Å². The second-order valence-corrected chi connectivity index (χ2v) is 5.64. The Balaban J connectivity index is 1.56. The Labute approximate surface area is 104 Å². The zero-order valence-corrected chi connectivity index (χ0v) is 10.9. The molecule has 2 aliphatic rings. The van der Waals surface area contributed by atoms with Crippen LogP contribution < -0.4 is 5.32 Å². The first-order chi connectivity index (χ1) is 8.24. The Bertz CT molecular complexity index is 215. The predicted molar refractivity (Wildman–Crippen MR) is 68.1 cm³/mol. The molecule has 4 heteroatoms. The number of aliphatic hydroxyl groups is 1. The van der Waals surface area contributed by atoms with E-state index >= 15 is 0 Å². The Morgan fingerprint density at radius 3 is 2.88 bits per heavy atom. The summed E-state index contributed by atoms with van der Waals surface area (Å²) in [6.45, 7) is 4.35. The summed E-state index contributed by atoms with van der Waals surface area (Å²) in [4.78, 5) is 2.23. The van der Waals surface area contributed by atoms with Gasteiger partial charge in [-0.25, -0.2) is 0 Å². The minimum absolute atomic E-state index is 0.245. The summed E-state index contributed by atoms with van der Waals surface area (Å²) in [5, 5.41) is 13.3. The first-order valence-corrected chi connectivity index (χ1v) is 6.92. The van der Waals surface area contributed by atoms with Crippen LogP contribution in [0, 0.1) is 5.92 Å². The molecule has 1 aliphatic heterocycles. The molecular formula is C13H26N2O2. The van der Waals surface area contributed by atoms with Crippen LogP contribution in [0.15, 0.2) is 0 Å². The first kappa shape index (κ1) is 13.3. The summed E-state index contributed by atoms with van der Waals surface area (Å²) in [5.41, 5.74) is 0. The van der Waals surface area contributed by atoms with E-state index in [0.717, 1.165) is 32.8 Å². The number of nitrogens with zero attached hydrogens (tertiary/aromatic N) is 1. The first-order valence-electron chi connectivity index (χ1n) is 6.92. The summed E-state index contributed by atoms with van der Waals surface area (Å²) in [6.07, 6.45) is 4.76. The van der Waals surface area contributed by atoms with Gasteiger partial charge < -0.3 is 20.1 Å². The third kappa shape index (κ3) is 5.34. The predicted octanol–water partition coefficient (Wildman–Crippen LogP) is 0.458. The molecule has 100 valence electrons. The molecule has 0 radical (unpaired) electrons. The van der Waals surface area contributed by atoms with Crippen LogP contribution in [0.25, 0.3) is 0 Å². The number of likely N-dealkylation sites (N-methyl/N-ethyl adjacent to an activating group) is 1. The Morgan fingerprint density at radius 2 is 2.24 bits per heavy atom. The van der Waals surface area contributed by atoms with E-state index in [2.05, 4.69) is 17.3 Å². The second-order valence-electron chi connectivity index (χ2n) is 5.64. The lowest BCUT2D eigenvalue weighted by atomic mass is 10.0. The van der Waals surface area contributed by atoms with Gasteiger partial charge >= 0.3 is 0 Å². The summed E-state index contributed by atoms with van der Waals surface area (Å²) in [5.74, 6) is 0.650. The number of aliphatic hydroxyl groups excluding tert-OH is 1. The fraction of sp³-hybridized carbons (Fsp3) is 1.00. The molecule has 0 spiro atoms. The van der Waals surface area contributed by atoms with Crippen molar-refractivity contribution in [1.29, 1.82) is 0 Å². The quantitative estimate of drug-likeness (QED) is 0.681. The van der Waals surface area contributed by atoms with Gasteiger partial charge in [0.15, 0.2) is 0 Å². The molecule has 17 heavy (non-hydrogen) atoms. The number of ether oxygens (including phenoxy) is 1. The highest BCUT2D eigenvalue weighted by molar-refractivity contribution is 4.82. The van der Waals surface area contributed by atoms with Gasteiger partial charge in [-0.1, -0.05) is 0 Å². The number of rotatable bonds is 7. The lowest BCUT2D eigenvalue weighted by Crippen LogP contribution is -2.40. The molecule has 0 bridgehead atoms. The number of hydrogen-bond donors (Lipinski definition) is 2. The van der Waals surface area contributed by atoms with Crippen molar-refractivity contribution >= 4 is 0 Å². The lowest BCUT2D eigenvalue weighted by molar-refractivity contribution is 0.0344. The van der Waals surface area contributed by atoms with Crippen molar-refractivity contribution in [2.45, 2.75) is 37.8 Å². The van der Waals surface area contributed by atoms with Crippen molar-refractivity contribution in [3.63, 3.8) is 0 Å². The van der Waals surface area contributed by atoms with Crippen LogP contribution in [-0.4, -0.2) is 62.0 Å². The summed E-state index contributed by atoms with van der Waals surface area (Å²) < 4.78 is 5.47. The summed E-state index contributed by atoms with van der Waals surface area (Å²) >= 11 is 0. The minimum atomic E-state index is -0.245. The Hall–Kier alpha value is -0.160. The van der Waals surface area contributed by atoms with Gasteiger partial charge in [0.1, 0.15) is 0 Å². The van der Waals surface area contributed by atoms with Crippen LogP contribution in [0.2, 0.25) is 0 Å². The van der Waals surface area contributed by atoms with Crippen molar-refractivity contribution in [3.8, 4) is 0 Å². The molecule has 0 amide bonds. The highest BCUT2D eigenvalue weighted by atomic mass is 16.5. The van der Waals surface area contributed by atoms with Crippen LogP contribution in [0.4, 0.5) is 0 Å². The molecule has 0 aromatic heterocycles. The molecule has 0 aromatic rings. The van der Waals surface area contributed by atoms with Gasteiger partial charge in [-0.3, -0.25) is 0 Å². The SMILES string of the molecule is CN(CC(O)CNC1CC1)CC1CCCOC1. The lowest BCUT2D eigenvalue weighted by Gasteiger charge is -2.28. The van der Waals surface area contributed by atoms with Crippen molar-refractivity contribution in [2.24, 2.45) is 5.92 Å². The zero-order chi connectivity index (χ0) is 12.1. The molecule has 2 unspecified atom stereocenters. The number of nitrogens with one attached hydrogen (secondary N) is 1. The van der Waals surface area contributed by atoms with Crippen LogP contribution >= 0.6 is 0 Å². The molecule has 1 heterocycles. The van der Waals surface area contributed by atoms with Gasteiger partial charge in [0, 0.05) is 32.3 Å². The molecule has 1 saturated carbocycles. The standard InChI is InChI=1S/C13H26N2O2/c1-15(8-11-3-2-6-17-10-11)9-13(16)7-14-12-4-5-12/h11-14,16H,2-10H2,1H3. The average Bonchev–Trinajstić information content (AvgIpc) is 3.11. The molecule has 2 N–H and O–H groups in total. The van der Waals surface area contributed by atoms with Crippen molar-refractivity contribution < 1.29 is 9.84 Å². The molecule has 2 atom stereocenters. The smallest absolute Gasteiger partial charge is 0.0791 e. The monoisotopic (exact) mass is 242 g/mol. The second kappa shape index (κ2) is 6.69. The normalized spacial score (nSPS) is 27.4. The van der Waals surface area contributed by atoms with E-state index in [0.29, 0.717) is 12.0 Å². The highest BCUT2D eigenvalue weighted by Crippen LogP contribution is 2.18. The Morgan fingerprint density at radius 1 is 1.41 bits per heavy atom. The molecule has 1 aliphatic carbocycles. The summed E-state index contributed by atoms with van der Waals surface area (Å²) in [7, 11) is 2.09. The van der Waals surface area contributed by atoms with Gasteiger partial charge in [0.05, 0.1) is 12.7 Å². The summed E-state index contributed by atoms with van der Waals surface area (Å²) in [6, 6.07) is 0.682. The fourth-order valence-electron chi connectivity index (χ4n) is 2.48. The van der Waals surface area contributed by atoms with E-state index < -0.39 is 0 Å². The molecule has 4 nitrogen and oxygen atoms in total. The maximum Gasteiger partial charge on any atom is 0.0791 e. The van der Waals surface area contributed by atoms with E-state index in [1.165, 1.54) is 25.7 Å².